The van der Waals surface area contributed by atoms with Crippen LogP contribution in [0.15, 0.2) is 24.3 Å². The lowest BCUT2D eigenvalue weighted by Gasteiger charge is -2.24. The Morgan fingerprint density at radius 2 is 2.07 bits per heavy atom. The van der Waals surface area contributed by atoms with Crippen molar-refractivity contribution in [3.05, 3.63) is 35.6 Å². The summed E-state index contributed by atoms with van der Waals surface area (Å²) >= 11 is 0. The monoisotopic (exact) mass is 195 g/mol. The molecule has 74 valence electrons. The zero-order chi connectivity index (χ0) is 10.6. The molecule has 0 radical (unpaired) electrons. The predicted octanol–water partition coefficient (Wildman–Crippen LogP) is 0.348. The average molecular weight is 195 g/mol. The molecular weight excluding hydrogens is 185 g/mol. The van der Waals surface area contributed by atoms with E-state index in [2.05, 4.69) is 5.43 Å². The molecule has 0 spiro atoms. The maximum absolute atomic E-state index is 12.6. The molecule has 0 bridgehead atoms. The van der Waals surface area contributed by atoms with Crippen molar-refractivity contribution in [2.24, 2.45) is 5.84 Å². The first-order valence-corrected chi connectivity index (χ1v) is 3.95. The normalized spacial score (nSPS) is 14.4. The van der Waals surface area contributed by atoms with E-state index in [-0.39, 0.29) is 6.42 Å². The molecule has 1 atom stereocenters. The van der Waals surface area contributed by atoms with E-state index in [1.807, 2.05) is 0 Å². The van der Waals surface area contributed by atoms with Crippen molar-refractivity contribution in [1.29, 1.82) is 5.26 Å². The number of nitriles is 1. The first kappa shape index (κ1) is 10.6. The van der Waals surface area contributed by atoms with Gasteiger partial charge in [-0.1, -0.05) is 12.1 Å². The Labute approximate surface area is 80.7 Å². The van der Waals surface area contributed by atoms with Crippen LogP contribution >= 0.6 is 0 Å². The summed E-state index contributed by atoms with van der Waals surface area (Å²) in [5, 5.41) is 18.3. The summed E-state index contributed by atoms with van der Waals surface area (Å²) in [5.74, 6) is 4.71. The lowest BCUT2D eigenvalue weighted by molar-refractivity contribution is 0.00480. The van der Waals surface area contributed by atoms with E-state index in [1.165, 1.54) is 24.3 Å². The van der Waals surface area contributed by atoms with Crippen molar-refractivity contribution < 1.29 is 9.50 Å². The molecule has 0 aromatic heterocycles. The molecule has 4 N–H and O–H groups in total. The minimum absolute atomic E-state index is 0.213. The molecule has 0 aliphatic rings. The minimum atomic E-state index is -1.62. The summed E-state index contributed by atoms with van der Waals surface area (Å²) in [6.45, 7) is 0. The zero-order valence-corrected chi connectivity index (χ0v) is 7.37. The van der Waals surface area contributed by atoms with Gasteiger partial charge in [0, 0.05) is 5.56 Å². The summed E-state index contributed by atoms with van der Waals surface area (Å²) in [6.07, 6.45) is -0.213. The van der Waals surface area contributed by atoms with E-state index < -0.39 is 11.5 Å². The molecule has 0 saturated heterocycles. The number of rotatable bonds is 3. The number of nitrogens with one attached hydrogen (secondary N) is 1. The van der Waals surface area contributed by atoms with E-state index in [0.717, 1.165) is 0 Å². The van der Waals surface area contributed by atoms with Gasteiger partial charge in [0.15, 0.2) is 5.72 Å². The van der Waals surface area contributed by atoms with Gasteiger partial charge >= 0.3 is 0 Å². The molecule has 0 fully saturated rings. The largest absolute Gasteiger partial charge is 0.369 e. The topological polar surface area (TPSA) is 82.1 Å². The fourth-order valence-electron chi connectivity index (χ4n) is 1.08. The SMILES string of the molecule is N#CCC(O)(NN)c1ccc(F)cc1. The van der Waals surface area contributed by atoms with Crippen molar-refractivity contribution in [3.63, 3.8) is 0 Å². The average Bonchev–Trinajstić information content (AvgIpc) is 2.19. The lowest BCUT2D eigenvalue weighted by Crippen LogP contribution is -2.46. The van der Waals surface area contributed by atoms with Crippen LogP contribution in [0, 0.1) is 17.1 Å². The Hall–Kier alpha value is -1.48. The second-order valence-corrected chi connectivity index (χ2v) is 2.85. The number of hydrogen-bond acceptors (Lipinski definition) is 4. The van der Waals surface area contributed by atoms with Gasteiger partial charge in [0.05, 0.1) is 12.5 Å². The van der Waals surface area contributed by atoms with Crippen LogP contribution in [-0.4, -0.2) is 5.11 Å². The number of halogens is 1. The molecule has 1 aromatic rings. The quantitative estimate of drug-likeness (QED) is 0.369. The number of aliphatic hydroxyl groups is 1. The van der Waals surface area contributed by atoms with Gasteiger partial charge in [0.25, 0.3) is 0 Å². The molecule has 1 unspecified atom stereocenters. The van der Waals surface area contributed by atoms with E-state index >= 15 is 0 Å². The van der Waals surface area contributed by atoms with Crippen molar-refractivity contribution in [1.82, 2.24) is 5.43 Å². The Morgan fingerprint density at radius 3 is 2.50 bits per heavy atom. The highest BCUT2D eigenvalue weighted by molar-refractivity contribution is 5.23. The summed E-state index contributed by atoms with van der Waals surface area (Å²) in [4.78, 5) is 0. The van der Waals surface area contributed by atoms with E-state index in [0.29, 0.717) is 5.56 Å². The van der Waals surface area contributed by atoms with Crippen LogP contribution in [0.1, 0.15) is 12.0 Å². The second kappa shape index (κ2) is 4.15. The third kappa shape index (κ3) is 2.06. The molecule has 0 aliphatic heterocycles. The van der Waals surface area contributed by atoms with Crippen LogP contribution in [0.5, 0.6) is 0 Å². The molecule has 5 heteroatoms. The lowest BCUT2D eigenvalue weighted by atomic mass is 10.0. The van der Waals surface area contributed by atoms with Crippen LogP contribution < -0.4 is 11.3 Å². The molecule has 1 aromatic carbocycles. The van der Waals surface area contributed by atoms with Gasteiger partial charge in [-0.05, 0) is 12.1 Å². The Kier molecular flexibility index (Phi) is 3.14. The van der Waals surface area contributed by atoms with Gasteiger partial charge in [0.2, 0.25) is 0 Å². The smallest absolute Gasteiger partial charge is 0.167 e. The fraction of sp³-hybridized carbons (Fsp3) is 0.222. The van der Waals surface area contributed by atoms with Crippen molar-refractivity contribution in [2.45, 2.75) is 12.1 Å². The molecule has 14 heavy (non-hydrogen) atoms. The van der Waals surface area contributed by atoms with Crippen molar-refractivity contribution >= 4 is 0 Å². The highest BCUT2D eigenvalue weighted by atomic mass is 19.1. The zero-order valence-electron chi connectivity index (χ0n) is 7.37. The standard InChI is InChI=1S/C9H10FN3O/c10-8-3-1-7(2-4-8)9(14,13-12)5-6-11/h1-4,13-14H,5,12H2. The summed E-state index contributed by atoms with van der Waals surface area (Å²) in [6, 6.07) is 6.90. The van der Waals surface area contributed by atoms with Gasteiger partial charge in [-0.15, -0.1) is 0 Å². The summed E-state index contributed by atoms with van der Waals surface area (Å²) in [5.41, 5.74) is 0.853. The number of nitrogens with two attached hydrogens (primary N) is 1. The second-order valence-electron chi connectivity index (χ2n) is 2.85. The van der Waals surface area contributed by atoms with Gasteiger partial charge in [-0.3, -0.25) is 5.84 Å². The third-order valence-corrected chi connectivity index (χ3v) is 1.90. The number of hydrogen-bond donors (Lipinski definition) is 3. The van der Waals surface area contributed by atoms with Crippen molar-refractivity contribution in [3.8, 4) is 6.07 Å². The fourth-order valence-corrected chi connectivity index (χ4v) is 1.08. The van der Waals surface area contributed by atoms with E-state index in [4.69, 9.17) is 11.1 Å². The van der Waals surface area contributed by atoms with Crippen LogP contribution in [0.3, 0.4) is 0 Å². The Bertz CT molecular complexity index is 346. The summed E-state index contributed by atoms with van der Waals surface area (Å²) in [7, 11) is 0. The van der Waals surface area contributed by atoms with Gasteiger partial charge in [-0.2, -0.15) is 5.26 Å². The van der Waals surface area contributed by atoms with E-state index in [9.17, 15) is 9.50 Å². The molecule has 0 saturated carbocycles. The summed E-state index contributed by atoms with van der Waals surface area (Å²) < 4.78 is 12.6. The van der Waals surface area contributed by atoms with Gasteiger partial charge < -0.3 is 5.11 Å². The minimum Gasteiger partial charge on any atom is -0.369 e. The van der Waals surface area contributed by atoms with Crippen molar-refractivity contribution in [2.75, 3.05) is 0 Å². The number of benzene rings is 1. The number of nitrogens with zero attached hydrogens (tertiary/aromatic N) is 1. The molecule has 4 nitrogen and oxygen atoms in total. The van der Waals surface area contributed by atoms with Gasteiger partial charge in [-0.25, -0.2) is 9.82 Å². The van der Waals surface area contributed by atoms with Crippen LogP contribution in [0.4, 0.5) is 4.39 Å². The predicted molar refractivity (Wildman–Crippen MR) is 47.8 cm³/mol. The molecule has 0 heterocycles. The highest BCUT2D eigenvalue weighted by Gasteiger charge is 2.27. The third-order valence-electron chi connectivity index (χ3n) is 1.90. The maximum atomic E-state index is 12.6. The van der Waals surface area contributed by atoms with Crippen LogP contribution in [-0.2, 0) is 5.72 Å². The highest BCUT2D eigenvalue weighted by Crippen LogP contribution is 2.20. The maximum Gasteiger partial charge on any atom is 0.167 e. The molecule has 0 amide bonds. The Morgan fingerprint density at radius 1 is 1.50 bits per heavy atom. The van der Waals surface area contributed by atoms with E-state index in [1.54, 1.807) is 6.07 Å². The first-order valence-electron chi connectivity index (χ1n) is 3.95. The van der Waals surface area contributed by atoms with Gasteiger partial charge in [0.1, 0.15) is 5.82 Å². The van der Waals surface area contributed by atoms with Crippen LogP contribution in [0.25, 0.3) is 0 Å². The van der Waals surface area contributed by atoms with Crippen LogP contribution in [0.2, 0.25) is 0 Å². The molecular formula is C9H10FN3O. The Balaban J connectivity index is 3.01. The first-order chi connectivity index (χ1) is 6.62. The molecule has 0 aliphatic carbocycles. The number of hydrazine groups is 1. The molecule has 1 rings (SSSR count).